The molecule has 3 rings (SSSR count). The van der Waals surface area contributed by atoms with Crippen LogP contribution in [0.5, 0.6) is 0 Å². The maximum absolute atomic E-state index is 13.8. The van der Waals surface area contributed by atoms with E-state index in [1.54, 1.807) is 0 Å². The number of hydrogen-bond acceptors (Lipinski definition) is 1. The predicted molar refractivity (Wildman–Crippen MR) is 62.5 cm³/mol. The third kappa shape index (κ3) is 1.63. The highest BCUT2D eigenvalue weighted by atomic mass is 79.9. The average molecular weight is 288 g/mol. The predicted octanol–water partition coefficient (Wildman–Crippen LogP) is 3.86. The van der Waals surface area contributed by atoms with Crippen molar-refractivity contribution in [1.82, 2.24) is 0 Å². The lowest BCUT2D eigenvalue weighted by atomic mass is 9.95. The zero-order valence-electron chi connectivity index (χ0n) is 8.69. The number of anilines is 1. The third-order valence-electron chi connectivity index (χ3n) is 3.49. The molecule has 1 aliphatic heterocycles. The first-order chi connectivity index (χ1) is 7.66. The van der Waals surface area contributed by atoms with Gasteiger partial charge in [0.2, 0.25) is 0 Å². The molecule has 1 aromatic rings. The Morgan fingerprint density at radius 2 is 2.00 bits per heavy atom. The van der Waals surface area contributed by atoms with Crippen LogP contribution in [-0.2, 0) is 6.42 Å². The van der Waals surface area contributed by atoms with Gasteiger partial charge in [-0.05, 0) is 53.6 Å². The van der Waals surface area contributed by atoms with Gasteiger partial charge in [0.1, 0.15) is 11.6 Å². The van der Waals surface area contributed by atoms with E-state index in [0.29, 0.717) is 29.6 Å². The van der Waals surface area contributed by atoms with Crippen LogP contribution in [0.3, 0.4) is 0 Å². The van der Waals surface area contributed by atoms with E-state index in [-0.39, 0.29) is 16.1 Å². The Labute approximate surface area is 101 Å². The molecule has 1 N–H and O–H groups in total. The summed E-state index contributed by atoms with van der Waals surface area (Å²) in [6.45, 7) is 0. The molecule has 1 aromatic carbocycles. The lowest BCUT2D eigenvalue weighted by Gasteiger charge is -2.28. The average Bonchev–Trinajstić information content (AvgIpc) is 3.09. The Morgan fingerprint density at radius 1 is 1.25 bits per heavy atom. The van der Waals surface area contributed by atoms with Crippen molar-refractivity contribution >= 4 is 21.6 Å². The standard InChI is InChI=1S/C12H12BrF2N/c13-8-5-9(14)12-7(11(8)15)3-4-10(16-12)6-1-2-6/h5-6,10,16H,1-4H2. The van der Waals surface area contributed by atoms with Crippen LogP contribution >= 0.6 is 15.9 Å². The van der Waals surface area contributed by atoms with Crippen molar-refractivity contribution in [2.75, 3.05) is 5.32 Å². The second kappa shape index (κ2) is 3.69. The van der Waals surface area contributed by atoms with Gasteiger partial charge in [0.15, 0.2) is 0 Å². The van der Waals surface area contributed by atoms with Crippen molar-refractivity contribution in [2.45, 2.75) is 31.7 Å². The fourth-order valence-corrected chi connectivity index (χ4v) is 2.89. The molecule has 1 saturated carbocycles. The normalized spacial score (nSPS) is 23.8. The summed E-state index contributed by atoms with van der Waals surface area (Å²) in [4.78, 5) is 0. The summed E-state index contributed by atoms with van der Waals surface area (Å²) >= 11 is 3.04. The van der Waals surface area contributed by atoms with E-state index in [1.165, 1.54) is 18.9 Å². The molecule has 1 fully saturated rings. The zero-order valence-corrected chi connectivity index (χ0v) is 10.3. The SMILES string of the molecule is Fc1cc(Br)c(F)c2c1NC(C1CC1)CC2. The zero-order chi connectivity index (χ0) is 11.3. The molecule has 1 unspecified atom stereocenters. The minimum absolute atomic E-state index is 0.218. The van der Waals surface area contributed by atoms with Crippen LogP contribution in [0.2, 0.25) is 0 Å². The van der Waals surface area contributed by atoms with Crippen LogP contribution in [0.15, 0.2) is 10.5 Å². The quantitative estimate of drug-likeness (QED) is 0.774. The van der Waals surface area contributed by atoms with Gasteiger partial charge in [-0.1, -0.05) is 0 Å². The molecule has 86 valence electrons. The van der Waals surface area contributed by atoms with Gasteiger partial charge in [0, 0.05) is 11.6 Å². The van der Waals surface area contributed by atoms with Crippen LogP contribution in [0.4, 0.5) is 14.5 Å². The van der Waals surface area contributed by atoms with E-state index in [9.17, 15) is 8.78 Å². The minimum atomic E-state index is -0.353. The number of benzene rings is 1. The topological polar surface area (TPSA) is 12.0 Å². The Kier molecular flexibility index (Phi) is 2.42. The Bertz CT molecular complexity index is 443. The van der Waals surface area contributed by atoms with Crippen molar-refractivity contribution in [3.05, 3.63) is 27.7 Å². The fraction of sp³-hybridized carbons (Fsp3) is 0.500. The smallest absolute Gasteiger partial charge is 0.147 e. The molecule has 0 saturated heterocycles. The molecule has 0 spiro atoms. The Morgan fingerprint density at radius 3 is 2.69 bits per heavy atom. The monoisotopic (exact) mass is 287 g/mol. The number of halogens is 3. The molecule has 0 aromatic heterocycles. The van der Waals surface area contributed by atoms with Crippen LogP contribution in [0.1, 0.15) is 24.8 Å². The molecule has 16 heavy (non-hydrogen) atoms. The van der Waals surface area contributed by atoms with E-state index in [1.807, 2.05) is 0 Å². The van der Waals surface area contributed by atoms with Crippen molar-refractivity contribution in [3.63, 3.8) is 0 Å². The van der Waals surface area contributed by atoms with Gasteiger partial charge in [-0.25, -0.2) is 8.78 Å². The molecular formula is C12H12BrF2N. The Balaban J connectivity index is 2.00. The molecule has 0 bridgehead atoms. The molecular weight excluding hydrogens is 276 g/mol. The number of rotatable bonds is 1. The van der Waals surface area contributed by atoms with Crippen LogP contribution in [-0.4, -0.2) is 6.04 Å². The summed E-state index contributed by atoms with van der Waals surface area (Å²) in [5, 5.41) is 3.16. The van der Waals surface area contributed by atoms with Gasteiger partial charge in [-0.15, -0.1) is 0 Å². The molecule has 0 radical (unpaired) electrons. The first-order valence-corrected chi connectivity index (χ1v) is 6.39. The summed E-state index contributed by atoms with van der Waals surface area (Å²) in [7, 11) is 0. The molecule has 1 nitrogen and oxygen atoms in total. The van der Waals surface area contributed by atoms with Gasteiger partial charge in [-0.2, -0.15) is 0 Å². The lowest BCUT2D eigenvalue weighted by Crippen LogP contribution is -2.28. The first-order valence-electron chi connectivity index (χ1n) is 5.59. The highest BCUT2D eigenvalue weighted by Crippen LogP contribution is 2.41. The fourth-order valence-electron chi connectivity index (χ4n) is 2.45. The summed E-state index contributed by atoms with van der Waals surface area (Å²) < 4.78 is 27.7. The van der Waals surface area contributed by atoms with E-state index >= 15 is 0 Å². The third-order valence-corrected chi connectivity index (χ3v) is 4.07. The molecule has 1 aliphatic carbocycles. The maximum Gasteiger partial charge on any atom is 0.147 e. The van der Waals surface area contributed by atoms with Crippen LogP contribution < -0.4 is 5.32 Å². The van der Waals surface area contributed by atoms with Gasteiger partial charge >= 0.3 is 0 Å². The van der Waals surface area contributed by atoms with E-state index in [4.69, 9.17) is 0 Å². The summed E-state index contributed by atoms with van der Waals surface area (Å²) in [5.74, 6) is -0.00831. The van der Waals surface area contributed by atoms with Gasteiger partial charge in [-0.3, -0.25) is 0 Å². The van der Waals surface area contributed by atoms with E-state index in [0.717, 1.165) is 6.42 Å². The van der Waals surface area contributed by atoms with Gasteiger partial charge in [0.05, 0.1) is 10.2 Å². The number of hydrogen-bond donors (Lipinski definition) is 1. The molecule has 4 heteroatoms. The first kappa shape index (κ1) is 10.5. The highest BCUT2D eigenvalue weighted by molar-refractivity contribution is 9.10. The molecule has 0 amide bonds. The van der Waals surface area contributed by atoms with Crippen molar-refractivity contribution < 1.29 is 8.78 Å². The highest BCUT2D eigenvalue weighted by Gasteiger charge is 2.35. The second-order valence-electron chi connectivity index (χ2n) is 4.63. The number of fused-ring (bicyclic) bond motifs is 1. The van der Waals surface area contributed by atoms with E-state index in [2.05, 4.69) is 21.2 Å². The van der Waals surface area contributed by atoms with Crippen molar-refractivity contribution in [1.29, 1.82) is 0 Å². The van der Waals surface area contributed by atoms with Crippen molar-refractivity contribution in [2.24, 2.45) is 5.92 Å². The summed E-state index contributed by atoms with van der Waals surface area (Å²) in [6.07, 6.45) is 3.97. The summed E-state index contributed by atoms with van der Waals surface area (Å²) in [5.41, 5.74) is 0.868. The van der Waals surface area contributed by atoms with E-state index < -0.39 is 0 Å². The van der Waals surface area contributed by atoms with Crippen LogP contribution in [0.25, 0.3) is 0 Å². The molecule has 2 aliphatic rings. The summed E-state index contributed by atoms with van der Waals surface area (Å²) in [6, 6.07) is 1.54. The lowest BCUT2D eigenvalue weighted by molar-refractivity contribution is 0.522. The van der Waals surface area contributed by atoms with Gasteiger partial charge < -0.3 is 5.32 Å². The second-order valence-corrected chi connectivity index (χ2v) is 5.49. The Hall–Kier alpha value is -0.640. The number of nitrogens with one attached hydrogen (secondary N) is 1. The van der Waals surface area contributed by atoms with Gasteiger partial charge in [0.25, 0.3) is 0 Å². The van der Waals surface area contributed by atoms with Crippen molar-refractivity contribution in [3.8, 4) is 0 Å². The van der Waals surface area contributed by atoms with Crippen LogP contribution in [0, 0.1) is 17.6 Å². The minimum Gasteiger partial charge on any atom is -0.379 e. The maximum atomic E-state index is 13.8. The molecule has 1 heterocycles. The largest absolute Gasteiger partial charge is 0.379 e. The molecule has 1 atom stereocenters.